The van der Waals surface area contributed by atoms with Crippen LogP contribution in [0.15, 0.2) is 16.8 Å². The van der Waals surface area contributed by atoms with E-state index < -0.39 is 0 Å². The zero-order chi connectivity index (χ0) is 11.0. The number of piperazine rings is 1. The van der Waals surface area contributed by atoms with E-state index in [1.807, 2.05) is 19.2 Å². The first-order chi connectivity index (χ1) is 7.84. The highest BCUT2D eigenvalue weighted by atomic mass is 16.5. The monoisotopic (exact) mass is 218 g/mol. The quantitative estimate of drug-likeness (QED) is 0.772. The van der Waals surface area contributed by atoms with Gasteiger partial charge in [0.15, 0.2) is 5.58 Å². The summed E-state index contributed by atoms with van der Waals surface area (Å²) < 4.78 is 5.25. The molecule has 5 nitrogen and oxygen atoms in total. The zero-order valence-electron chi connectivity index (χ0n) is 9.23. The van der Waals surface area contributed by atoms with E-state index in [1.54, 1.807) is 0 Å². The van der Waals surface area contributed by atoms with Crippen LogP contribution in [0.4, 0.5) is 5.82 Å². The number of rotatable bonds is 1. The number of nitrogens with zero attached hydrogens (tertiary/aromatic N) is 3. The lowest BCUT2D eigenvalue weighted by Crippen LogP contribution is -2.43. The fourth-order valence-corrected chi connectivity index (χ4v) is 2.01. The van der Waals surface area contributed by atoms with Gasteiger partial charge in [0, 0.05) is 38.4 Å². The lowest BCUT2D eigenvalue weighted by molar-refractivity contribution is 0.450. The Kier molecular flexibility index (Phi) is 2.25. The first kappa shape index (κ1) is 9.59. The van der Waals surface area contributed by atoms with Gasteiger partial charge in [-0.3, -0.25) is 0 Å². The van der Waals surface area contributed by atoms with Crippen molar-refractivity contribution < 1.29 is 4.52 Å². The minimum absolute atomic E-state index is 0.820. The van der Waals surface area contributed by atoms with Crippen LogP contribution in [-0.4, -0.2) is 36.3 Å². The Morgan fingerprint density at radius 1 is 1.38 bits per heavy atom. The van der Waals surface area contributed by atoms with E-state index in [9.17, 15) is 0 Å². The van der Waals surface area contributed by atoms with Crippen LogP contribution in [0.5, 0.6) is 0 Å². The summed E-state index contributed by atoms with van der Waals surface area (Å²) in [5.74, 6) is 0.977. The topological polar surface area (TPSA) is 54.2 Å². The molecule has 0 radical (unpaired) electrons. The zero-order valence-corrected chi connectivity index (χ0v) is 9.23. The summed E-state index contributed by atoms with van der Waals surface area (Å²) in [7, 11) is 0. The van der Waals surface area contributed by atoms with E-state index in [0.717, 1.165) is 48.7 Å². The van der Waals surface area contributed by atoms with Gasteiger partial charge in [-0.25, -0.2) is 4.98 Å². The number of anilines is 1. The van der Waals surface area contributed by atoms with Crippen molar-refractivity contribution in [3.8, 4) is 0 Å². The first-order valence-electron chi connectivity index (χ1n) is 5.52. The molecule has 1 fully saturated rings. The number of aromatic nitrogens is 2. The highest BCUT2D eigenvalue weighted by Gasteiger charge is 2.13. The van der Waals surface area contributed by atoms with E-state index in [-0.39, 0.29) is 0 Å². The van der Waals surface area contributed by atoms with Crippen molar-refractivity contribution in [2.24, 2.45) is 0 Å². The van der Waals surface area contributed by atoms with Crippen molar-refractivity contribution in [3.05, 3.63) is 18.0 Å². The van der Waals surface area contributed by atoms with Gasteiger partial charge in [0.25, 0.3) is 0 Å². The van der Waals surface area contributed by atoms with E-state index in [1.165, 1.54) is 0 Å². The first-order valence-corrected chi connectivity index (χ1v) is 5.52. The Bertz CT molecular complexity index is 502. The number of hydrogen-bond donors (Lipinski definition) is 1. The van der Waals surface area contributed by atoms with Crippen LogP contribution in [0.1, 0.15) is 5.69 Å². The van der Waals surface area contributed by atoms with Gasteiger partial charge in [-0.1, -0.05) is 5.16 Å². The molecule has 2 aromatic rings. The minimum Gasteiger partial charge on any atom is -0.356 e. The molecular weight excluding hydrogens is 204 g/mol. The third kappa shape index (κ3) is 1.53. The minimum atomic E-state index is 0.820. The maximum atomic E-state index is 5.25. The van der Waals surface area contributed by atoms with Crippen LogP contribution in [0, 0.1) is 6.92 Å². The SMILES string of the molecule is Cc1noc2cc(N3CCNCC3)ncc12. The van der Waals surface area contributed by atoms with Gasteiger partial charge in [-0.2, -0.15) is 0 Å². The number of nitrogens with one attached hydrogen (secondary N) is 1. The molecule has 3 rings (SSSR count). The molecule has 0 aliphatic carbocycles. The molecular formula is C11H14N4O. The molecule has 1 aliphatic rings. The summed E-state index contributed by atoms with van der Waals surface area (Å²) in [5.41, 5.74) is 1.72. The average Bonchev–Trinajstić information content (AvgIpc) is 2.72. The van der Waals surface area contributed by atoms with Crippen LogP contribution < -0.4 is 10.2 Å². The molecule has 2 aromatic heterocycles. The highest BCUT2D eigenvalue weighted by molar-refractivity contribution is 5.80. The van der Waals surface area contributed by atoms with Crippen LogP contribution in [0.25, 0.3) is 11.0 Å². The molecule has 0 bridgehead atoms. The van der Waals surface area contributed by atoms with Crippen LogP contribution in [-0.2, 0) is 0 Å². The molecule has 0 aromatic carbocycles. The second-order valence-electron chi connectivity index (χ2n) is 4.04. The largest absolute Gasteiger partial charge is 0.356 e. The summed E-state index contributed by atoms with van der Waals surface area (Å²) in [6.45, 7) is 5.93. The molecule has 16 heavy (non-hydrogen) atoms. The molecule has 0 spiro atoms. The number of hydrogen-bond acceptors (Lipinski definition) is 5. The normalized spacial score (nSPS) is 16.9. The predicted molar refractivity (Wildman–Crippen MR) is 61.6 cm³/mol. The Morgan fingerprint density at radius 2 is 2.19 bits per heavy atom. The summed E-state index contributed by atoms with van der Waals surface area (Å²) in [6, 6.07) is 1.97. The Balaban J connectivity index is 1.97. The molecule has 84 valence electrons. The summed E-state index contributed by atoms with van der Waals surface area (Å²) in [4.78, 5) is 6.72. The van der Waals surface area contributed by atoms with Gasteiger partial charge in [-0.15, -0.1) is 0 Å². The molecule has 5 heteroatoms. The van der Waals surface area contributed by atoms with Crippen molar-refractivity contribution in [1.82, 2.24) is 15.5 Å². The van der Waals surface area contributed by atoms with Gasteiger partial charge >= 0.3 is 0 Å². The van der Waals surface area contributed by atoms with Crippen molar-refractivity contribution >= 4 is 16.8 Å². The summed E-state index contributed by atoms with van der Waals surface area (Å²) in [5, 5.41) is 8.26. The summed E-state index contributed by atoms with van der Waals surface area (Å²) in [6.07, 6.45) is 1.85. The second kappa shape index (κ2) is 3.75. The molecule has 1 aliphatic heterocycles. The number of aryl methyl sites for hydroxylation is 1. The average molecular weight is 218 g/mol. The van der Waals surface area contributed by atoms with Crippen molar-refractivity contribution in [1.29, 1.82) is 0 Å². The number of fused-ring (bicyclic) bond motifs is 1. The molecule has 1 N–H and O–H groups in total. The predicted octanol–water partition coefficient (Wildman–Crippen LogP) is 0.941. The van der Waals surface area contributed by atoms with E-state index in [4.69, 9.17) is 4.52 Å². The standard InChI is InChI=1S/C11H14N4O/c1-8-9-7-13-11(6-10(9)16-14-8)15-4-2-12-3-5-15/h6-7,12H,2-5H2,1H3. The van der Waals surface area contributed by atoms with Crippen LogP contribution in [0.3, 0.4) is 0 Å². The Morgan fingerprint density at radius 3 is 3.00 bits per heavy atom. The number of pyridine rings is 1. The van der Waals surface area contributed by atoms with Crippen molar-refractivity contribution in [2.75, 3.05) is 31.1 Å². The van der Waals surface area contributed by atoms with Gasteiger partial charge in [0.2, 0.25) is 0 Å². The van der Waals surface area contributed by atoms with Gasteiger partial charge < -0.3 is 14.7 Å². The lowest BCUT2D eigenvalue weighted by atomic mass is 10.2. The van der Waals surface area contributed by atoms with E-state index >= 15 is 0 Å². The molecule has 0 amide bonds. The van der Waals surface area contributed by atoms with Gasteiger partial charge in [0.1, 0.15) is 5.82 Å². The smallest absolute Gasteiger partial charge is 0.172 e. The van der Waals surface area contributed by atoms with Gasteiger partial charge in [-0.05, 0) is 6.92 Å². The summed E-state index contributed by atoms with van der Waals surface area (Å²) >= 11 is 0. The Labute approximate surface area is 93.4 Å². The highest BCUT2D eigenvalue weighted by Crippen LogP contribution is 2.21. The maximum Gasteiger partial charge on any atom is 0.172 e. The van der Waals surface area contributed by atoms with E-state index in [2.05, 4.69) is 20.4 Å². The third-order valence-electron chi connectivity index (χ3n) is 2.96. The van der Waals surface area contributed by atoms with Crippen LogP contribution in [0.2, 0.25) is 0 Å². The molecule has 1 saturated heterocycles. The lowest BCUT2D eigenvalue weighted by Gasteiger charge is -2.28. The maximum absolute atomic E-state index is 5.25. The molecule has 0 unspecified atom stereocenters. The molecule has 3 heterocycles. The molecule has 0 saturated carbocycles. The van der Waals surface area contributed by atoms with Gasteiger partial charge in [0.05, 0.1) is 11.1 Å². The second-order valence-corrected chi connectivity index (χ2v) is 4.04. The van der Waals surface area contributed by atoms with Crippen molar-refractivity contribution in [3.63, 3.8) is 0 Å². The third-order valence-corrected chi connectivity index (χ3v) is 2.96. The molecule has 0 atom stereocenters. The van der Waals surface area contributed by atoms with E-state index in [0.29, 0.717) is 0 Å². The fourth-order valence-electron chi connectivity index (χ4n) is 2.01. The fraction of sp³-hybridized carbons (Fsp3) is 0.455. The Hall–Kier alpha value is -1.62. The van der Waals surface area contributed by atoms with Crippen molar-refractivity contribution in [2.45, 2.75) is 6.92 Å². The van der Waals surface area contributed by atoms with Crippen LogP contribution >= 0.6 is 0 Å².